The van der Waals surface area contributed by atoms with Gasteiger partial charge in [-0.25, -0.2) is 0 Å². The highest BCUT2D eigenvalue weighted by Crippen LogP contribution is 2.23. The van der Waals surface area contributed by atoms with E-state index in [0.717, 1.165) is 16.9 Å². The van der Waals surface area contributed by atoms with Crippen LogP contribution in [0, 0.1) is 6.92 Å². The zero-order valence-electron chi connectivity index (χ0n) is 15.0. The summed E-state index contributed by atoms with van der Waals surface area (Å²) in [6.45, 7) is 4.57. The van der Waals surface area contributed by atoms with Gasteiger partial charge in [0.25, 0.3) is 5.91 Å². The van der Waals surface area contributed by atoms with Crippen LogP contribution in [-0.2, 0) is 0 Å². The summed E-state index contributed by atoms with van der Waals surface area (Å²) >= 11 is 0. The van der Waals surface area contributed by atoms with Crippen LogP contribution in [0.15, 0.2) is 73.1 Å². The summed E-state index contributed by atoms with van der Waals surface area (Å²) < 4.78 is 5.43. The van der Waals surface area contributed by atoms with Crippen molar-refractivity contribution in [3.63, 3.8) is 0 Å². The molecule has 0 bridgehead atoms. The molecule has 3 aromatic rings. The summed E-state index contributed by atoms with van der Waals surface area (Å²) in [7, 11) is 0. The fourth-order valence-electron chi connectivity index (χ4n) is 2.75. The molecule has 2 aromatic carbocycles. The zero-order chi connectivity index (χ0) is 18.4. The molecule has 0 saturated heterocycles. The number of aryl methyl sites for hydroxylation is 1. The molecule has 3 rings (SSSR count). The standard InChI is InChI=1S/C22H22N2O2/c1-3-26-20-12-10-18(11-13-20)22(25)24-21(19-5-4-14-23-15-19)17-8-6-16(2)7-9-17/h4-15,21H,3H2,1-2H3,(H,24,25)/t21-/m1/s1. The molecule has 0 aliphatic carbocycles. The van der Waals surface area contributed by atoms with Crippen LogP contribution in [0.2, 0.25) is 0 Å². The lowest BCUT2D eigenvalue weighted by Crippen LogP contribution is -2.29. The number of nitrogens with one attached hydrogen (secondary N) is 1. The van der Waals surface area contributed by atoms with Crippen molar-refractivity contribution in [2.45, 2.75) is 19.9 Å². The second-order valence-corrected chi connectivity index (χ2v) is 6.06. The lowest BCUT2D eigenvalue weighted by Gasteiger charge is -2.20. The van der Waals surface area contributed by atoms with Gasteiger partial charge in [-0.05, 0) is 55.3 Å². The van der Waals surface area contributed by atoms with Crippen LogP contribution in [0.25, 0.3) is 0 Å². The Morgan fingerprint density at radius 2 is 1.77 bits per heavy atom. The number of hydrogen-bond donors (Lipinski definition) is 1. The number of rotatable bonds is 6. The number of pyridine rings is 1. The summed E-state index contributed by atoms with van der Waals surface area (Å²) in [5.74, 6) is 0.619. The molecule has 1 aromatic heterocycles. The molecule has 4 nitrogen and oxygen atoms in total. The van der Waals surface area contributed by atoms with E-state index in [2.05, 4.69) is 10.3 Å². The molecule has 0 aliphatic heterocycles. The van der Waals surface area contributed by atoms with Crippen LogP contribution in [0.5, 0.6) is 5.75 Å². The van der Waals surface area contributed by atoms with E-state index in [1.807, 2.05) is 62.4 Å². The number of benzene rings is 2. The van der Waals surface area contributed by atoms with Gasteiger partial charge in [0.15, 0.2) is 0 Å². The van der Waals surface area contributed by atoms with Crippen molar-refractivity contribution in [1.29, 1.82) is 0 Å². The molecule has 26 heavy (non-hydrogen) atoms. The van der Waals surface area contributed by atoms with Crippen molar-refractivity contribution in [3.05, 3.63) is 95.3 Å². The number of amides is 1. The zero-order valence-corrected chi connectivity index (χ0v) is 15.0. The highest BCUT2D eigenvalue weighted by molar-refractivity contribution is 5.94. The molecule has 132 valence electrons. The van der Waals surface area contributed by atoms with Crippen molar-refractivity contribution in [3.8, 4) is 5.75 Å². The Morgan fingerprint density at radius 3 is 2.38 bits per heavy atom. The van der Waals surface area contributed by atoms with Gasteiger partial charge in [-0.1, -0.05) is 35.9 Å². The van der Waals surface area contributed by atoms with E-state index in [0.29, 0.717) is 12.2 Å². The fourth-order valence-corrected chi connectivity index (χ4v) is 2.75. The first-order chi connectivity index (χ1) is 12.7. The molecule has 0 fully saturated rings. The average molecular weight is 346 g/mol. The first-order valence-electron chi connectivity index (χ1n) is 8.67. The fraction of sp³-hybridized carbons (Fsp3) is 0.182. The van der Waals surface area contributed by atoms with Gasteiger partial charge >= 0.3 is 0 Å². The predicted molar refractivity (Wildman–Crippen MR) is 102 cm³/mol. The van der Waals surface area contributed by atoms with Crippen molar-refractivity contribution in [2.24, 2.45) is 0 Å². The van der Waals surface area contributed by atoms with Crippen molar-refractivity contribution < 1.29 is 9.53 Å². The molecule has 1 N–H and O–H groups in total. The highest BCUT2D eigenvalue weighted by atomic mass is 16.5. The predicted octanol–water partition coefficient (Wildman–Crippen LogP) is 4.31. The van der Waals surface area contributed by atoms with E-state index in [-0.39, 0.29) is 11.9 Å². The van der Waals surface area contributed by atoms with Crippen molar-refractivity contribution >= 4 is 5.91 Å². The number of carbonyl (C=O) groups excluding carboxylic acids is 1. The number of aromatic nitrogens is 1. The SMILES string of the molecule is CCOc1ccc(C(=O)N[C@H](c2ccc(C)cc2)c2cccnc2)cc1. The Balaban J connectivity index is 1.85. The maximum absolute atomic E-state index is 12.8. The largest absolute Gasteiger partial charge is 0.494 e. The van der Waals surface area contributed by atoms with Crippen LogP contribution in [-0.4, -0.2) is 17.5 Å². The second kappa shape index (κ2) is 8.30. The van der Waals surface area contributed by atoms with Crippen LogP contribution >= 0.6 is 0 Å². The van der Waals surface area contributed by atoms with Gasteiger partial charge in [-0.2, -0.15) is 0 Å². The minimum absolute atomic E-state index is 0.137. The van der Waals surface area contributed by atoms with E-state index < -0.39 is 0 Å². The highest BCUT2D eigenvalue weighted by Gasteiger charge is 2.18. The third kappa shape index (κ3) is 4.28. The minimum Gasteiger partial charge on any atom is -0.494 e. The summed E-state index contributed by atoms with van der Waals surface area (Å²) in [6.07, 6.45) is 3.51. The molecule has 0 spiro atoms. The first kappa shape index (κ1) is 17.7. The molecule has 0 radical (unpaired) electrons. The molecular weight excluding hydrogens is 324 g/mol. The Labute approximate surface area is 153 Å². The molecule has 0 unspecified atom stereocenters. The molecule has 1 atom stereocenters. The van der Waals surface area contributed by atoms with E-state index in [1.165, 1.54) is 5.56 Å². The monoisotopic (exact) mass is 346 g/mol. The second-order valence-electron chi connectivity index (χ2n) is 6.06. The summed E-state index contributed by atoms with van der Waals surface area (Å²) in [5.41, 5.74) is 3.73. The summed E-state index contributed by atoms with van der Waals surface area (Å²) in [4.78, 5) is 17.0. The number of carbonyl (C=O) groups is 1. The molecular formula is C22H22N2O2. The lowest BCUT2D eigenvalue weighted by molar-refractivity contribution is 0.0943. The lowest BCUT2D eigenvalue weighted by atomic mass is 9.98. The van der Waals surface area contributed by atoms with Gasteiger partial charge in [0.2, 0.25) is 0 Å². The van der Waals surface area contributed by atoms with Gasteiger partial charge < -0.3 is 10.1 Å². The molecule has 1 amide bonds. The number of ether oxygens (including phenoxy) is 1. The maximum Gasteiger partial charge on any atom is 0.252 e. The minimum atomic E-state index is -0.261. The normalized spacial score (nSPS) is 11.6. The van der Waals surface area contributed by atoms with Crippen molar-refractivity contribution in [2.75, 3.05) is 6.61 Å². The van der Waals surface area contributed by atoms with E-state index >= 15 is 0 Å². The quantitative estimate of drug-likeness (QED) is 0.724. The maximum atomic E-state index is 12.8. The van der Waals surface area contributed by atoms with Crippen LogP contribution in [0.4, 0.5) is 0 Å². The van der Waals surface area contributed by atoms with Gasteiger partial charge in [0, 0.05) is 18.0 Å². The van der Waals surface area contributed by atoms with Gasteiger partial charge in [-0.15, -0.1) is 0 Å². The number of nitrogens with zero attached hydrogens (tertiary/aromatic N) is 1. The molecule has 0 saturated carbocycles. The van der Waals surface area contributed by atoms with Gasteiger partial charge in [0.05, 0.1) is 12.6 Å². The molecule has 4 heteroatoms. The average Bonchev–Trinajstić information content (AvgIpc) is 2.68. The third-order valence-corrected chi connectivity index (χ3v) is 4.13. The van der Waals surface area contributed by atoms with E-state index in [4.69, 9.17) is 4.74 Å². The van der Waals surface area contributed by atoms with E-state index in [1.54, 1.807) is 24.5 Å². The van der Waals surface area contributed by atoms with E-state index in [9.17, 15) is 4.79 Å². The van der Waals surface area contributed by atoms with Gasteiger partial charge in [0.1, 0.15) is 5.75 Å². The topological polar surface area (TPSA) is 51.2 Å². The number of hydrogen-bond acceptors (Lipinski definition) is 3. The van der Waals surface area contributed by atoms with Crippen LogP contribution in [0.1, 0.15) is 40.0 Å². The molecule has 1 heterocycles. The summed E-state index contributed by atoms with van der Waals surface area (Å²) in [5, 5.41) is 3.12. The third-order valence-electron chi connectivity index (χ3n) is 4.13. The Bertz CT molecular complexity index is 844. The van der Waals surface area contributed by atoms with Crippen LogP contribution < -0.4 is 10.1 Å². The smallest absolute Gasteiger partial charge is 0.252 e. The Morgan fingerprint density at radius 1 is 1.04 bits per heavy atom. The first-order valence-corrected chi connectivity index (χ1v) is 8.67. The Hall–Kier alpha value is -3.14. The molecule has 0 aliphatic rings. The summed E-state index contributed by atoms with van der Waals surface area (Å²) in [6, 6.07) is 18.9. The van der Waals surface area contributed by atoms with Gasteiger partial charge in [-0.3, -0.25) is 9.78 Å². The van der Waals surface area contributed by atoms with Crippen molar-refractivity contribution in [1.82, 2.24) is 10.3 Å². The van der Waals surface area contributed by atoms with Crippen LogP contribution in [0.3, 0.4) is 0 Å². The Kier molecular flexibility index (Phi) is 5.64.